The third-order valence-corrected chi connectivity index (χ3v) is 6.18. The molecule has 0 saturated carbocycles. The van der Waals surface area contributed by atoms with Gasteiger partial charge in [0, 0.05) is 29.5 Å². The maximum Gasteiger partial charge on any atom is 0.123 e. The summed E-state index contributed by atoms with van der Waals surface area (Å²) in [6.45, 7) is 0. The molecule has 4 aromatic carbocycles. The lowest BCUT2D eigenvalue weighted by atomic mass is 9.79. The summed E-state index contributed by atoms with van der Waals surface area (Å²) in [5.41, 5.74) is 4.13. The third kappa shape index (κ3) is 3.75. The van der Waals surface area contributed by atoms with Gasteiger partial charge in [-0.1, -0.05) is 30.3 Å². The number of rotatable bonds is 3. The van der Waals surface area contributed by atoms with Crippen LogP contribution in [0.4, 0.5) is 0 Å². The van der Waals surface area contributed by atoms with Crippen molar-refractivity contribution in [3.05, 3.63) is 107 Å². The van der Waals surface area contributed by atoms with E-state index < -0.39 is 11.8 Å². The Morgan fingerprint density at radius 1 is 0.500 bits per heavy atom. The number of phenolic OH excluding ortho intramolecular Hbond substituents is 6. The van der Waals surface area contributed by atoms with Gasteiger partial charge in [-0.2, -0.15) is 0 Å². The number of hydrogen-bond acceptors (Lipinski definition) is 6. The third-order valence-electron chi connectivity index (χ3n) is 6.18. The summed E-state index contributed by atoms with van der Waals surface area (Å²) in [5, 5.41) is 61.2. The van der Waals surface area contributed by atoms with Gasteiger partial charge in [-0.15, -0.1) is 0 Å². The molecule has 5 rings (SSSR count). The topological polar surface area (TPSA) is 121 Å². The second kappa shape index (κ2) is 8.08. The molecule has 6 nitrogen and oxygen atoms in total. The summed E-state index contributed by atoms with van der Waals surface area (Å²) in [7, 11) is 0. The molecule has 1 aliphatic rings. The maximum absolute atomic E-state index is 10.9. The van der Waals surface area contributed by atoms with Crippen molar-refractivity contribution >= 4 is 11.6 Å². The van der Waals surface area contributed by atoms with Gasteiger partial charge in [0.1, 0.15) is 34.5 Å². The predicted octanol–water partition coefficient (Wildman–Crippen LogP) is 5.39. The van der Waals surface area contributed by atoms with Crippen LogP contribution in [0, 0.1) is 0 Å². The lowest BCUT2D eigenvalue weighted by Crippen LogP contribution is -2.08. The van der Waals surface area contributed by atoms with Gasteiger partial charge in [-0.05, 0) is 70.3 Å². The van der Waals surface area contributed by atoms with Crippen molar-refractivity contribution in [1.29, 1.82) is 0 Å². The van der Waals surface area contributed by atoms with E-state index in [2.05, 4.69) is 0 Å². The van der Waals surface area contributed by atoms with Crippen molar-refractivity contribution in [2.45, 2.75) is 11.8 Å². The monoisotopic (exact) mass is 454 g/mol. The van der Waals surface area contributed by atoms with E-state index in [0.717, 1.165) is 16.7 Å². The normalized spacial score (nSPS) is 18.2. The van der Waals surface area contributed by atoms with Crippen LogP contribution in [0.3, 0.4) is 0 Å². The largest absolute Gasteiger partial charge is 0.508 e. The van der Waals surface area contributed by atoms with Crippen LogP contribution in [0.15, 0.2) is 78.9 Å². The molecule has 0 bridgehead atoms. The Hall–Kier alpha value is -4.58. The highest BCUT2D eigenvalue weighted by Gasteiger charge is 2.41. The molecule has 1 aliphatic carbocycles. The smallest absolute Gasteiger partial charge is 0.123 e. The summed E-state index contributed by atoms with van der Waals surface area (Å²) < 4.78 is 0. The minimum absolute atomic E-state index is 0.0865. The van der Waals surface area contributed by atoms with E-state index in [1.54, 1.807) is 66.7 Å². The summed E-state index contributed by atoms with van der Waals surface area (Å²) in [5.74, 6) is -1.07. The van der Waals surface area contributed by atoms with E-state index in [9.17, 15) is 30.6 Å². The molecule has 0 spiro atoms. The standard InChI is InChI=1S/C28H22O6/c29-18-5-1-15(2-6-18)9-23-24-13-22(33)14-25(34)28(24)27(16-3-7-19(30)8-4-16)26(23)17-10-20(31)12-21(32)11-17/h1-14,26-27,29-34H/b23-9+. The highest BCUT2D eigenvalue weighted by molar-refractivity contribution is 5.93. The van der Waals surface area contributed by atoms with Crippen LogP contribution in [0.25, 0.3) is 11.6 Å². The Balaban J connectivity index is 1.82. The average molecular weight is 454 g/mol. The van der Waals surface area contributed by atoms with Gasteiger partial charge in [-0.3, -0.25) is 0 Å². The molecule has 34 heavy (non-hydrogen) atoms. The number of aromatic hydroxyl groups is 6. The fourth-order valence-corrected chi connectivity index (χ4v) is 4.83. The Morgan fingerprint density at radius 2 is 1.06 bits per heavy atom. The molecule has 4 aromatic rings. The molecule has 0 aromatic heterocycles. The molecule has 2 atom stereocenters. The molecule has 6 N–H and O–H groups in total. The second-order valence-corrected chi connectivity index (χ2v) is 8.45. The maximum atomic E-state index is 10.9. The molecular weight excluding hydrogens is 432 g/mol. The number of benzene rings is 4. The average Bonchev–Trinajstić information content (AvgIpc) is 3.09. The van der Waals surface area contributed by atoms with Crippen molar-refractivity contribution in [1.82, 2.24) is 0 Å². The Morgan fingerprint density at radius 3 is 1.68 bits per heavy atom. The van der Waals surface area contributed by atoms with Gasteiger partial charge >= 0.3 is 0 Å². The molecule has 170 valence electrons. The molecule has 0 radical (unpaired) electrons. The van der Waals surface area contributed by atoms with Crippen molar-refractivity contribution < 1.29 is 30.6 Å². The van der Waals surface area contributed by atoms with Gasteiger partial charge in [0.05, 0.1) is 0 Å². The first-order valence-corrected chi connectivity index (χ1v) is 10.7. The van der Waals surface area contributed by atoms with E-state index in [0.29, 0.717) is 16.7 Å². The van der Waals surface area contributed by atoms with Crippen molar-refractivity contribution in [2.24, 2.45) is 0 Å². The summed E-state index contributed by atoms with van der Waals surface area (Å²) >= 11 is 0. The molecule has 2 unspecified atom stereocenters. The van der Waals surface area contributed by atoms with Crippen LogP contribution in [-0.2, 0) is 0 Å². The zero-order valence-electron chi connectivity index (χ0n) is 17.9. The number of phenols is 6. The summed E-state index contributed by atoms with van der Waals surface area (Å²) in [4.78, 5) is 0. The lowest BCUT2D eigenvalue weighted by Gasteiger charge is -2.23. The Bertz CT molecular complexity index is 1380. The fraction of sp³-hybridized carbons (Fsp3) is 0.0714. The van der Waals surface area contributed by atoms with Gasteiger partial charge in [0.2, 0.25) is 0 Å². The zero-order chi connectivity index (χ0) is 24.0. The second-order valence-electron chi connectivity index (χ2n) is 8.45. The van der Waals surface area contributed by atoms with Crippen molar-refractivity contribution in [3.8, 4) is 34.5 Å². The highest BCUT2D eigenvalue weighted by Crippen LogP contribution is 2.58. The minimum atomic E-state index is -0.459. The first kappa shape index (κ1) is 21.3. The summed E-state index contributed by atoms with van der Waals surface area (Å²) in [6, 6.07) is 20.5. The molecule has 0 heterocycles. The van der Waals surface area contributed by atoms with Crippen LogP contribution in [-0.4, -0.2) is 30.6 Å². The van der Waals surface area contributed by atoms with Gasteiger partial charge in [-0.25, -0.2) is 0 Å². The van der Waals surface area contributed by atoms with Crippen LogP contribution in [0.2, 0.25) is 0 Å². The number of allylic oxidation sites excluding steroid dienone is 1. The number of fused-ring (bicyclic) bond motifs is 1. The Labute approximate surface area is 195 Å². The zero-order valence-corrected chi connectivity index (χ0v) is 17.9. The first-order chi connectivity index (χ1) is 16.3. The predicted molar refractivity (Wildman–Crippen MR) is 128 cm³/mol. The van der Waals surface area contributed by atoms with E-state index in [1.165, 1.54) is 12.1 Å². The lowest BCUT2D eigenvalue weighted by molar-refractivity contribution is 0.444. The molecule has 0 amide bonds. The fourth-order valence-electron chi connectivity index (χ4n) is 4.83. The van der Waals surface area contributed by atoms with E-state index in [4.69, 9.17) is 0 Å². The van der Waals surface area contributed by atoms with Gasteiger partial charge < -0.3 is 30.6 Å². The Kier molecular flexibility index (Phi) is 5.06. The van der Waals surface area contributed by atoms with Crippen LogP contribution in [0.1, 0.15) is 39.7 Å². The molecule has 0 fully saturated rings. The molecule has 6 heteroatoms. The van der Waals surface area contributed by atoms with Crippen molar-refractivity contribution in [3.63, 3.8) is 0 Å². The van der Waals surface area contributed by atoms with E-state index in [-0.39, 0.29) is 34.5 Å². The van der Waals surface area contributed by atoms with E-state index >= 15 is 0 Å². The van der Waals surface area contributed by atoms with Crippen LogP contribution >= 0.6 is 0 Å². The van der Waals surface area contributed by atoms with E-state index in [1.807, 2.05) is 6.08 Å². The van der Waals surface area contributed by atoms with Gasteiger partial charge in [0.25, 0.3) is 0 Å². The minimum Gasteiger partial charge on any atom is -0.508 e. The van der Waals surface area contributed by atoms with Crippen LogP contribution in [0.5, 0.6) is 34.5 Å². The SMILES string of the molecule is Oc1ccc(/C=C2\c3cc(O)cc(O)c3C(c3ccc(O)cc3)C2c2cc(O)cc(O)c2)cc1. The van der Waals surface area contributed by atoms with Crippen molar-refractivity contribution in [2.75, 3.05) is 0 Å². The highest BCUT2D eigenvalue weighted by atomic mass is 16.3. The van der Waals surface area contributed by atoms with Gasteiger partial charge in [0.15, 0.2) is 0 Å². The van der Waals surface area contributed by atoms with Crippen LogP contribution < -0.4 is 0 Å². The molecule has 0 aliphatic heterocycles. The quantitative estimate of drug-likeness (QED) is 0.247. The number of hydrogen-bond donors (Lipinski definition) is 6. The molecule has 0 saturated heterocycles. The molecular formula is C28H22O6. The summed E-state index contributed by atoms with van der Waals surface area (Å²) in [6.07, 6.45) is 1.89. The first-order valence-electron chi connectivity index (χ1n) is 10.7.